The van der Waals surface area contributed by atoms with Crippen molar-refractivity contribution < 1.29 is 4.39 Å². The Bertz CT molecular complexity index is 348. The van der Waals surface area contributed by atoms with E-state index in [1.165, 1.54) is 0 Å². The Balaban J connectivity index is 2.23. The van der Waals surface area contributed by atoms with Crippen molar-refractivity contribution in [3.05, 3.63) is 35.1 Å². The van der Waals surface area contributed by atoms with Gasteiger partial charge in [0.05, 0.1) is 0 Å². The first kappa shape index (κ1) is 15.1. The molecule has 1 rings (SSSR count). The number of rotatable bonds is 8. The Morgan fingerprint density at radius 1 is 1.22 bits per heavy atom. The van der Waals surface area contributed by atoms with E-state index in [2.05, 4.69) is 24.1 Å². The molecule has 1 aromatic rings. The molecule has 0 aliphatic carbocycles. The van der Waals surface area contributed by atoms with Crippen LogP contribution in [-0.4, -0.2) is 31.1 Å². The molecule has 1 N–H and O–H groups in total. The van der Waals surface area contributed by atoms with Gasteiger partial charge in [-0.05, 0) is 45.6 Å². The molecule has 0 aromatic heterocycles. The average Bonchev–Trinajstić information content (AvgIpc) is 2.38. The third kappa shape index (κ3) is 5.15. The summed E-state index contributed by atoms with van der Waals surface area (Å²) >= 11 is 0. The summed E-state index contributed by atoms with van der Waals surface area (Å²) in [4.78, 5) is 2.40. The molecular formula is C15H25FN2. The maximum atomic E-state index is 13.5. The molecular weight excluding hydrogens is 227 g/mol. The van der Waals surface area contributed by atoms with Crippen LogP contribution in [0.25, 0.3) is 0 Å². The Hall–Kier alpha value is -0.930. The van der Waals surface area contributed by atoms with Crippen LogP contribution in [0.5, 0.6) is 0 Å². The van der Waals surface area contributed by atoms with Gasteiger partial charge >= 0.3 is 0 Å². The smallest absolute Gasteiger partial charge is 0.127 e. The maximum absolute atomic E-state index is 13.5. The number of hydrogen-bond donors (Lipinski definition) is 1. The van der Waals surface area contributed by atoms with Crippen molar-refractivity contribution in [2.24, 2.45) is 0 Å². The third-order valence-electron chi connectivity index (χ3n) is 3.24. The van der Waals surface area contributed by atoms with Gasteiger partial charge in [0.15, 0.2) is 0 Å². The number of aryl methyl sites for hydroxylation is 1. The van der Waals surface area contributed by atoms with E-state index >= 15 is 0 Å². The number of nitrogens with one attached hydrogen (secondary N) is 1. The van der Waals surface area contributed by atoms with Gasteiger partial charge in [-0.1, -0.05) is 31.5 Å². The Morgan fingerprint density at radius 3 is 2.61 bits per heavy atom. The summed E-state index contributed by atoms with van der Waals surface area (Å²) in [7, 11) is 0. The standard InChI is InChI=1S/C15H25FN2/c1-4-18(5-2)10-6-9-17-12-14-11-13(3)7-8-15(14)16/h7-8,11,17H,4-6,9-10,12H2,1-3H3. The second-order valence-corrected chi connectivity index (χ2v) is 4.65. The van der Waals surface area contributed by atoms with Gasteiger partial charge in [0.2, 0.25) is 0 Å². The summed E-state index contributed by atoms with van der Waals surface area (Å²) < 4.78 is 13.5. The second kappa shape index (κ2) is 8.22. The molecule has 0 bridgehead atoms. The van der Waals surface area contributed by atoms with Crippen molar-refractivity contribution in [2.45, 2.75) is 33.7 Å². The highest BCUT2D eigenvalue weighted by Crippen LogP contribution is 2.09. The summed E-state index contributed by atoms with van der Waals surface area (Å²) in [6.45, 7) is 11.2. The van der Waals surface area contributed by atoms with Crippen LogP contribution in [0.4, 0.5) is 4.39 Å². The number of hydrogen-bond acceptors (Lipinski definition) is 2. The molecule has 0 saturated carbocycles. The summed E-state index contributed by atoms with van der Waals surface area (Å²) in [6.07, 6.45) is 1.11. The van der Waals surface area contributed by atoms with Crippen molar-refractivity contribution in [1.82, 2.24) is 10.2 Å². The number of benzene rings is 1. The van der Waals surface area contributed by atoms with Crippen LogP contribution in [0.2, 0.25) is 0 Å². The topological polar surface area (TPSA) is 15.3 Å². The molecule has 102 valence electrons. The van der Waals surface area contributed by atoms with Gasteiger partial charge in [0, 0.05) is 12.1 Å². The fourth-order valence-electron chi connectivity index (χ4n) is 2.03. The van der Waals surface area contributed by atoms with E-state index in [1.54, 1.807) is 12.1 Å². The Kier molecular flexibility index (Phi) is 6.91. The van der Waals surface area contributed by atoms with Gasteiger partial charge in [-0.25, -0.2) is 4.39 Å². The molecule has 0 heterocycles. The Morgan fingerprint density at radius 2 is 1.94 bits per heavy atom. The van der Waals surface area contributed by atoms with Crippen LogP contribution in [0, 0.1) is 12.7 Å². The quantitative estimate of drug-likeness (QED) is 0.716. The minimum Gasteiger partial charge on any atom is -0.313 e. The Labute approximate surface area is 110 Å². The molecule has 3 heteroatoms. The highest BCUT2D eigenvalue weighted by molar-refractivity contribution is 5.23. The molecule has 0 radical (unpaired) electrons. The largest absolute Gasteiger partial charge is 0.313 e. The van der Waals surface area contributed by atoms with Crippen molar-refractivity contribution in [3.8, 4) is 0 Å². The van der Waals surface area contributed by atoms with Gasteiger partial charge in [0.25, 0.3) is 0 Å². The predicted octanol–water partition coefficient (Wildman–Crippen LogP) is 2.96. The lowest BCUT2D eigenvalue weighted by molar-refractivity contribution is 0.298. The first-order chi connectivity index (χ1) is 8.67. The first-order valence-electron chi connectivity index (χ1n) is 6.85. The molecule has 2 nitrogen and oxygen atoms in total. The summed E-state index contributed by atoms with van der Waals surface area (Å²) in [6, 6.07) is 5.26. The van der Waals surface area contributed by atoms with Gasteiger partial charge in [-0.15, -0.1) is 0 Å². The monoisotopic (exact) mass is 252 g/mol. The third-order valence-corrected chi connectivity index (χ3v) is 3.24. The molecule has 0 aliphatic rings. The predicted molar refractivity (Wildman–Crippen MR) is 75.2 cm³/mol. The fraction of sp³-hybridized carbons (Fsp3) is 0.600. The lowest BCUT2D eigenvalue weighted by Gasteiger charge is -2.17. The van der Waals surface area contributed by atoms with Crippen LogP contribution >= 0.6 is 0 Å². The molecule has 1 aromatic carbocycles. The van der Waals surface area contributed by atoms with E-state index in [0.717, 1.165) is 43.7 Å². The molecule has 0 fully saturated rings. The average molecular weight is 252 g/mol. The second-order valence-electron chi connectivity index (χ2n) is 4.65. The summed E-state index contributed by atoms with van der Waals surface area (Å²) in [5.74, 6) is -0.114. The SMILES string of the molecule is CCN(CC)CCCNCc1cc(C)ccc1F. The van der Waals surface area contributed by atoms with Gasteiger partial charge in [0.1, 0.15) is 5.82 Å². The van der Waals surface area contributed by atoms with Crippen LogP contribution in [0.3, 0.4) is 0 Å². The zero-order chi connectivity index (χ0) is 13.4. The molecule has 0 spiro atoms. The van der Waals surface area contributed by atoms with Gasteiger partial charge in [-0.3, -0.25) is 0 Å². The van der Waals surface area contributed by atoms with E-state index in [-0.39, 0.29) is 5.82 Å². The minimum atomic E-state index is -0.114. The van der Waals surface area contributed by atoms with Crippen LogP contribution in [-0.2, 0) is 6.54 Å². The fourth-order valence-corrected chi connectivity index (χ4v) is 2.03. The van der Waals surface area contributed by atoms with Gasteiger partial charge in [-0.2, -0.15) is 0 Å². The van der Waals surface area contributed by atoms with E-state index < -0.39 is 0 Å². The highest BCUT2D eigenvalue weighted by Gasteiger charge is 2.02. The van der Waals surface area contributed by atoms with Crippen molar-refractivity contribution in [2.75, 3.05) is 26.2 Å². The van der Waals surface area contributed by atoms with Crippen molar-refractivity contribution in [3.63, 3.8) is 0 Å². The van der Waals surface area contributed by atoms with E-state index in [1.807, 2.05) is 13.0 Å². The molecule has 0 unspecified atom stereocenters. The minimum absolute atomic E-state index is 0.114. The molecule has 0 saturated heterocycles. The lowest BCUT2D eigenvalue weighted by Crippen LogP contribution is -2.27. The molecule has 0 atom stereocenters. The summed E-state index contributed by atoms with van der Waals surface area (Å²) in [5.41, 5.74) is 1.87. The maximum Gasteiger partial charge on any atom is 0.127 e. The number of nitrogens with zero attached hydrogens (tertiary/aromatic N) is 1. The van der Waals surface area contributed by atoms with E-state index in [4.69, 9.17) is 0 Å². The molecule has 0 amide bonds. The van der Waals surface area contributed by atoms with E-state index in [9.17, 15) is 4.39 Å². The van der Waals surface area contributed by atoms with Crippen LogP contribution < -0.4 is 5.32 Å². The summed E-state index contributed by atoms with van der Waals surface area (Å²) in [5, 5.41) is 3.31. The van der Waals surface area contributed by atoms with Crippen molar-refractivity contribution >= 4 is 0 Å². The van der Waals surface area contributed by atoms with Crippen LogP contribution in [0.15, 0.2) is 18.2 Å². The van der Waals surface area contributed by atoms with Crippen molar-refractivity contribution in [1.29, 1.82) is 0 Å². The highest BCUT2D eigenvalue weighted by atomic mass is 19.1. The van der Waals surface area contributed by atoms with E-state index in [0.29, 0.717) is 6.54 Å². The van der Waals surface area contributed by atoms with Crippen LogP contribution in [0.1, 0.15) is 31.4 Å². The molecule has 0 aliphatic heterocycles. The number of halogens is 1. The van der Waals surface area contributed by atoms with Gasteiger partial charge < -0.3 is 10.2 Å². The normalized spacial score (nSPS) is 11.2. The molecule has 18 heavy (non-hydrogen) atoms. The zero-order valence-electron chi connectivity index (χ0n) is 11.8. The zero-order valence-corrected chi connectivity index (χ0v) is 11.8. The first-order valence-corrected chi connectivity index (χ1v) is 6.85. The lowest BCUT2D eigenvalue weighted by atomic mass is 10.1.